The maximum absolute atomic E-state index is 11.3. The SMILES string of the molecule is O=C(O)CNC(=O)CNC(=O)NCCC1CCC1. The molecule has 1 saturated carbocycles. The molecular formula is C11H19N3O4. The molecule has 0 atom stereocenters. The molecule has 0 radical (unpaired) electrons. The Morgan fingerprint density at radius 1 is 1.06 bits per heavy atom. The van der Waals surface area contributed by atoms with Gasteiger partial charge >= 0.3 is 12.0 Å². The lowest BCUT2D eigenvalue weighted by Crippen LogP contribution is -2.43. The van der Waals surface area contributed by atoms with Gasteiger partial charge in [-0.25, -0.2) is 4.79 Å². The summed E-state index contributed by atoms with van der Waals surface area (Å²) >= 11 is 0. The van der Waals surface area contributed by atoms with Gasteiger partial charge in [0.2, 0.25) is 5.91 Å². The van der Waals surface area contributed by atoms with Crippen LogP contribution in [0.1, 0.15) is 25.7 Å². The van der Waals surface area contributed by atoms with Gasteiger partial charge in [0.15, 0.2) is 0 Å². The largest absolute Gasteiger partial charge is 0.480 e. The van der Waals surface area contributed by atoms with Crippen LogP contribution in [-0.2, 0) is 9.59 Å². The molecule has 0 unspecified atom stereocenters. The smallest absolute Gasteiger partial charge is 0.322 e. The summed E-state index contributed by atoms with van der Waals surface area (Å²) in [4.78, 5) is 32.5. The second-order valence-corrected chi connectivity index (χ2v) is 4.37. The number of carbonyl (C=O) groups excluding carboxylic acids is 2. The van der Waals surface area contributed by atoms with Crippen LogP contribution in [0, 0.1) is 5.92 Å². The molecule has 0 spiro atoms. The fraction of sp³-hybridized carbons (Fsp3) is 0.727. The van der Waals surface area contributed by atoms with E-state index in [1.807, 2.05) is 0 Å². The average Bonchev–Trinajstić information content (AvgIpc) is 2.27. The summed E-state index contributed by atoms with van der Waals surface area (Å²) in [6, 6.07) is -0.403. The molecule has 0 aliphatic heterocycles. The van der Waals surface area contributed by atoms with Crippen molar-refractivity contribution in [3.05, 3.63) is 0 Å². The van der Waals surface area contributed by atoms with Crippen LogP contribution < -0.4 is 16.0 Å². The minimum Gasteiger partial charge on any atom is -0.480 e. The average molecular weight is 257 g/mol. The van der Waals surface area contributed by atoms with Gasteiger partial charge in [0.1, 0.15) is 6.54 Å². The Hall–Kier alpha value is -1.79. The highest BCUT2D eigenvalue weighted by molar-refractivity contribution is 5.86. The Kier molecular flexibility index (Phi) is 5.96. The van der Waals surface area contributed by atoms with E-state index in [0.29, 0.717) is 6.54 Å². The van der Waals surface area contributed by atoms with Gasteiger partial charge in [-0.15, -0.1) is 0 Å². The number of carboxylic acids is 1. The predicted octanol–water partition coefficient (Wildman–Crippen LogP) is -0.323. The summed E-state index contributed by atoms with van der Waals surface area (Å²) in [5.41, 5.74) is 0. The Labute approximate surface area is 105 Å². The van der Waals surface area contributed by atoms with Gasteiger partial charge in [-0.05, 0) is 12.3 Å². The molecule has 0 aromatic rings. The lowest BCUT2D eigenvalue weighted by Gasteiger charge is -2.25. The minimum absolute atomic E-state index is 0.220. The van der Waals surface area contributed by atoms with Crippen LogP contribution in [0.15, 0.2) is 0 Å². The van der Waals surface area contributed by atoms with Crippen LogP contribution in [0.25, 0.3) is 0 Å². The summed E-state index contributed by atoms with van der Waals surface area (Å²) in [6.07, 6.45) is 4.72. The van der Waals surface area contributed by atoms with Gasteiger partial charge in [0.05, 0.1) is 6.54 Å². The molecule has 4 N–H and O–H groups in total. The number of aliphatic carboxylic acids is 1. The highest BCUT2D eigenvalue weighted by Crippen LogP contribution is 2.28. The standard InChI is InChI=1S/C11H19N3O4/c15-9(13-7-10(16)17)6-14-11(18)12-5-4-8-2-1-3-8/h8H,1-7H2,(H,13,15)(H,16,17)(H2,12,14,18). The fourth-order valence-electron chi connectivity index (χ4n) is 1.63. The molecule has 1 aliphatic rings. The number of rotatable bonds is 7. The van der Waals surface area contributed by atoms with Crippen molar-refractivity contribution in [3.63, 3.8) is 0 Å². The van der Waals surface area contributed by atoms with Gasteiger partial charge in [0, 0.05) is 6.54 Å². The Bertz CT molecular complexity index is 315. The number of carboxylic acid groups (broad SMARTS) is 1. The summed E-state index contributed by atoms with van der Waals surface area (Å²) < 4.78 is 0. The molecular weight excluding hydrogens is 238 g/mol. The van der Waals surface area contributed by atoms with Crippen LogP contribution in [-0.4, -0.2) is 42.6 Å². The second-order valence-electron chi connectivity index (χ2n) is 4.37. The highest BCUT2D eigenvalue weighted by Gasteiger charge is 2.16. The van der Waals surface area contributed by atoms with Gasteiger partial charge in [-0.3, -0.25) is 9.59 Å². The molecule has 102 valence electrons. The first-order chi connectivity index (χ1) is 8.58. The molecule has 0 aromatic heterocycles. The maximum atomic E-state index is 11.3. The minimum atomic E-state index is -1.12. The molecule has 7 nitrogen and oxygen atoms in total. The summed E-state index contributed by atoms with van der Waals surface area (Å²) in [7, 11) is 0. The van der Waals surface area contributed by atoms with Crippen LogP contribution in [0.4, 0.5) is 4.79 Å². The van der Waals surface area contributed by atoms with E-state index in [1.165, 1.54) is 19.3 Å². The molecule has 3 amide bonds. The third-order valence-electron chi connectivity index (χ3n) is 2.91. The van der Waals surface area contributed by atoms with E-state index < -0.39 is 24.5 Å². The maximum Gasteiger partial charge on any atom is 0.322 e. The Morgan fingerprint density at radius 3 is 2.33 bits per heavy atom. The van der Waals surface area contributed by atoms with Gasteiger partial charge in [0.25, 0.3) is 0 Å². The van der Waals surface area contributed by atoms with Crippen LogP contribution in [0.2, 0.25) is 0 Å². The molecule has 1 rings (SSSR count). The molecule has 18 heavy (non-hydrogen) atoms. The lowest BCUT2D eigenvalue weighted by atomic mass is 9.83. The van der Waals surface area contributed by atoms with E-state index in [-0.39, 0.29) is 6.54 Å². The van der Waals surface area contributed by atoms with E-state index in [0.717, 1.165) is 12.3 Å². The quantitative estimate of drug-likeness (QED) is 0.501. The first-order valence-electron chi connectivity index (χ1n) is 6.08. The van der Waals surface area contributed by atoms with Crippen molar-refractivity contribution in [3.8, 4) is 0 Å². The number of nitrogens with one attached hydrogen (secondary N) is 3. The van der Waals surface area contributed by atoms with Gasteiger partial charge in [-0.1, -0.05) is 19.3 Å². The normalized spacial score (nSPS) is 14.4. The Morgan fingerprint density at radius 2 is 1.78 bits per heavy atom. The Balaban J connectivity index is 1.97. The number of carbonyl (C=O) groups is 3. The zero-order chi connectivity index (χ0) is 13.4. The molecule has 1 fully saturated rings. The van der Waals surface area contributed by atoms with Crippen molar-refractivity contribution in [2.45, 2.75) is 25.7 Å². The molecule has 0 bridgehead atoms. The van der Waals surface area contributed by atoms with Crippen LogP contribution in [0.3, 0.4) is 0 Å². The van der Waals surface area contributed by atoms with Gasteiger partial charge < -0.3 is 21.1 Å². The zero-order valence-corrected chi connectivity index (χ0v) is 10.2. The number of hydrogen-bond donors (Lipinski definition) is 4. The lowest BCUT2D eigenvalue weighted by molar-refractivity contribution is -0.137. The fourth-order valence-corrected chi connectivity index (χ4v) is 1.63. The van der Waals surface area contributed by atoms with Crippen molar-refractivity contribution >= 4 is 17.9 Å². The van der Waals surface area contributed by atoms with Crippen molar-refractivity contribution in [2.75, 3.05) is 19.6 Å². The van der Waals surface area contributed by atoms with E-state index >= 15 is 0 Å². The summed E-state index contributed by atoms with van der Waals surface area (Å²) in [5.74, 6) is -0.913. The predicted molar refractivity (Wildman–Crippen MR) is 64.0 cm³/mol. The first-order valence-corrected chi connectivity index (χ1v) is 6.08. The molecule has 0 heterocycles. The first kappa shape index (κ1) is 14.3. The number of urea groups is 1. The third-order valence-corrected chi connectivity index (χ3v) is 2.91. The second kappa shape index (κ2) is 7.52. The molecule has 7 heteroatoms. The number of amides is 3. The van der Waals surface area contributed by atoms with E-state index in [2.05, 4.69) is 16.0 Å². The van der Waals surface area contributed by atoms with Crippen molar-refractivity contribution < 1.29 is 19.5 Å². The molecule has 0 aromatic carbocycles. The molecule has 0 saturated heterocycles. The third kappa shape index (κ3) is 6.07. The highest BCUT2D eigenvalue weighted by atomic mass is 16.4. The monoisotopic (exact) mass is 257 g/mol. The van der Waals surface area contributed by atoms with Gasteiger partial charge in [-0.2, -0.15) is 0 Å². The molecule has 1 aliphatic carbocycles. The topological polar surface area (TPSA) is 108 Å². The van der Waals surface area contributed by atoms with E-state index in [4.69, 9.17) is 5.11 Å². The van der Waals surface area contributed by atoms with Crippen molar-refractivity contribution in [1.82, 2.24) is 16.0 Å². The van der Waals surface area contributed by atoms with Crippen LogP contribution in [0.5, 0.6) is 0 Å². The number of hydrogen-bond acceptors (Lipinski definition) is 3. The summed E-state index contributed by atoms with van der Waals surface area (Å²) in [5, 5.41) is 15.5. The van der Waals surface area contributed by atoms with Crippen LogP contribution >= 0.6 is 0 Å². The van der Waals surface area contributed by atoms with E-state index in [1.54, 1.807) is 0 Å². The zero-order valence-electron chi connectivity index (χ0n) is 10.2. The van der Waals surface area contributed by atoms with E-state index in [9.17, 15) is 14.4 Å². The summed E-state index contributed by atoms with van der Waals surface area (Å²) in [6.45, 7) is -0.0560. The van der Waals surface area contributed by atoms with Crippen molar-refractivity contribution in [1.29, 1.82) is 0 Å². The van der Waals surface area contributed by atoms with Crippen molar-refractivity contribution in [2.24, 2.45) is 5.92 Å².